The van der Waals surface area contributed by atoms with E-state index in [0.717, 1.165) is 13.1 Å². The highest BCUT2D eigenvalue weighted by Gasteiger charge is 2.34. The number of nitrogens with one attached hydrogen (secondary N) is 1. The largest absolute Gasteiger partial charge is 0.335 e. The lowest BCUT2D eigenvalue weighted by molar-refractivity contribution is -0.136. The van der Waals surface area contributed by atoms with E-state index in [1.54, 1.807) is 11.3 Å². The van der Waals surface area contributed by atoms with Crippen LogP contribution in [0, 0.1) is 5.92 Å². The van der Waals surface area contributed by atoms with Gasteiger partial charge in [-0.25, -0.2) is 0 Å². The summed E-state index contributed by atoms with van der Waals surface area (Å²) in [7, 11) is 1.89. The Kier molecular flexibility index (Phi) is 4.18. The molecule has 0 saturated heterocycles. The zero-order valence-electron chi connectivity index (χ0n) is 10.5. The first-order valence-electron chi connectivity index (χ1n) is 6.18. The topological polar surface area (TPSA) is 32.3 Å². The molecular weight excluding hydrogens is 232 g/mol. The van der Waals surface area contributed by atoms with Gasteiger partial charge in [0.25, 0.3) is 0 Å². The van der Waals surface area contributed by atoms with E-state index in [1.165, 1.54) is 18.4 Å². The van der Waals surface area contributed by atoms with E-state index in [9.17, 15) is 4.79 Å². The number of carbonyl (C=O) groups is 1. The van der Waals surface area contributed by atoms with Gasteiger partial charge in [-0.05, 0) is 42.3 Å². The van der Waals surface area contributed by atoms with E-state index in [-0.39, 0.29) is 11.8 Å². The minimum atomic E-state index is 0.0687. The molecule has 1 amide bonds. The molecule has 17 heavy (non-hydrogen) atoms. The molecule has 94 valence electrons. The van der Waals surface area contributed by atoms with Gasteiger partial charge in [-0.15, -0.1) is 0 Å². The highest BCUT2D eigenvalue weighted by atomic mass is 32.1. The fourth-order valence-electron chi connectivity index (χ4n) is 2.03. The number of carbonyl (C=O) groups excluding carboxylic acids is 1. The number of hydrogen-bond donors (Lipinski definition) is 1. The lowest BCUT2D eigenvalue weighted by Crippen LogP contribution is -2.39. The quantitative estimate of drug-likeness (QED) is 0.841. The molecule has 1 aromatic rings. The summed E-state index contributed by atoms with van der Waals surface area (Å²) in [4.78, 5) is 14.4. The number of nitrogens with zero attached hydrogens (tertiary/aromatic N) is 1. The highest BCUT2D eigenvalue weighted by molar-refractivity contribution is 7.07. The Hall–Kier alpha value is -0.870. The third-order valence-corrected chi connectivity index (χ3v) is 3.87. The van der Waals surface area contributed by atoms with Crippen molar-refractivity contribution in [3.63, 3.8) is 0 Å². The summed E-state index contributed by atoms with van der Waals surface area (Å²) < 4.78 is 0. The van der Waals surface area contributed by atoms with Crippen LogP contribution in [0.5, 0.6) is 0 Å². The molecule has 1 aliphatic rings. The van der Waals surface area contributed by atoms with E-state index in [4.69, 9.17) is 0 Å². The molecule has 1 unspecified atom stereocenters. The highest BCUT2D eigenvalue weighted by Crippen LogP contribution is 2.30. The summed E-state index contributed by atoms with van der Waals surface area (Å²) in [5, 5.41) is 7.28. The summed E-state index contributed by atoms with van der Waals surface area (Å²) in [5.41, 5.74) is 1.26. The third-order valence-electron chi connectivity index (χ3n) is 3.14. The molecule has 0 radical (unpaired) electrons. The van der Waals surface area contributed by atoms with Crippen LogP contribution in [-0.2, 0) is 11.3 Å². The fraction of sp³-hybridized carbons (Fsp3) is 0.615. The molecule has 2 rings (SSSR count). The zero-order valence-corrected chi connectivity index (χ0v) is 11.3. The molecule has 0 bridgehead atoms. The summed E-state index contributed by atoms with van der Waals surface area (Å²) >= 11 is 1.69. The Bertz CT molecular complexity index is 360. The van der Waals surface area contributed by atoms with Crippen molar-refractivity contribution in [1.29, 1.82) is 0 Å². The van der Waals surface area contributed by atoms with Gasteiger partial charge in [0.15, 0.2) is 0 Å². The average molecular weight is 252 g/mol. The van der Waals surface area contributed by atoms with Gasteiger partial charge in [0.05, 0.1) is 0 Å². The van der Waals surface area contributed by atoms with E-state index < -0.39 is 0 Å². The third kappa shape index (κ3) is 3.30. The first kappa shape index (κ1) is 12.6. The molecule has 1 N–H and O–H groups in total. The van der Waals surface area contributed by atoms with Crippen molar-refractivity contribution in [2.45, 2.75) is 32.4 Å². The van der Waals surface area contributed by atoms with Gasteiger partial charge in [0.1, 0.15) is 0 Å². The van der Waals surface area contributed by atoms with E-state index in [2.05, 4.69) is 27.0 Å². The maximum Gasteiger partial charge on any atom is 0.227 e. The van der Waals surface area contributed by atoms with Crippen LogP contribution in [-0.4, -0.2) is 30.4 Å². The molecule has 1 atom stereocenters. The zero-order chi connectivity index (χ0) is 12.3. The number of amides is 1. The number of thiophene rings is 1. The molecule has 1 aliphatic carbocycles. The Morgan fingerprint density at radius 1 is 1.65 bits per heavy atom. The smallest absolute Gasteiger partial charge is 0.227 e. The monoisotopic (exact) mass is 252 g/mol. The standard InChI is InChI=1S/C13H20N2OS/c1-10(7-14-2)13(16)15(12-3-4-12)8-11-5-6-17-9-11/h5-6,9-10,12,14H,3-4,7-8H2,1-2H3. The van der Waals surface area contributed by atoms with Crippen LogP contribution in [0.3, 0.4) is 0 Å². The summed E-state index contributed by atoms with van der Waals surface area (Å²) in [6, 6.07) is 2.59. The predicted molar refractivity (Wildman–Crippen MR) is 71.0 cm³/mol. The fourth-order valence-corrected chi connectivity index (χ4v) is 2.69. The van der Waals surface area contributed by atoms with Crippen molar-refractivity contribution < 1.29 is 4.79 Å². The van der Waals surface area contributed by atoms with Gasteiger partial charge in [-0.1, -0.05) is 6.92 Å². The van der Waals surface area contributed by atoms with Crippen LogP contribution >= 0.6 is 11.3 Å². The van der Waals surface area contributed by atoms with Gasteiger partial charge < -0.3 is 10.2 Å². The SMILES string of the molecule is CNCC(C)C(=O)N(Cc1ccsc1)C1CC1. The number of rotatable bonds is 6. The van der Waals surface area contributed by atoms with Crippen molar-refractivity contribution >= 4 is 17.2 Å². The molecule has 1 aromatic heterocycles. The van der Waals surface area contributed by atoms with Crippen molar-refractivity contribution in [3.8, 4) is 0 Å². The number of hydrogen-bond acceptors (Lipinski definition) is 3. The van der Waals surface area contributed by atoms with Crippen LogP contribution in [0.1, 0.15) is 25.3 Å². The van der Waals surface area contributed by atoms with Crippen LogP contribution in [0.4, 0.5) is 0 Å². The molecule has 3 nitrogen and oxygen atoms in total. The first-order valence-corrected chi connectivity index (χ1v) is 7.12. The van der Waals surface area contributed by atoms with Crippen LogP contribution in [0.15, 0.2) is 16.8 Å². The maximum atomic E-state index is 12.3. The molecular formula is C13H20N2OS. The minimum absolute atomic E-state index is 0.0687. The van der Waals surface area contributed by atoms with Crippen LogP contribution in [0.2, 0.25) is 0 Å². The maximum absolute atomic E-state index is 12.3. The molecule has 1 fully saturated rings. The van der Waals surface area contributed by atoms with E-state index in [1.807, 2.05) is 14.0 Å². The minimum Gasteiger partial charge on any atom is -0.335 e. The van der Waals surface area contributed by atoms with E-state index in [0.29, 0.717) is 6.04 Å². The lowest BCUT2D eigenvalue weighted by atomic mass is 10.1. The van der Waals surface area contributed by atoms with Gasteiger partial charge in [-0.2, -0.15) is 11.3 Å². The molecule has 1 heterocycles. The van der Waals surface area contributed by atoms with E-state index >= 15 is 0 Å². The average Bonchev–Trinajstić information content (AvgIpc) is 3.03. The predicted octanol–water partition coefficient (Wildman–Crippen LogP) is 2.09. The molecule has 0 aromatic carbocycles. The Morgan fingerprint density at radius 3 is 2.94 bits per heavy atom. The van der Waals surface area contributed by atoms with Crippen molar-refractivity contribution in [2.75, 3.05) is 13.6 Å². The lowest BCUT2D eigenvalue weighted by Gasteiger charge is -2.25. The second kappa shape index (κ2) is 5.65. The van der Waals surface area contributed by atoms with Gasteiger partial charge in [0.2, 0.25) is 5.91 Å². The Balaban J connectivity index is 1.99. The van der Waals surface area contributed by atoms with Crippen molar-refractivity contribution in [3.05, 3.63) is 22.4 Å². The summed E-state index contributed by atoms with van der Waals surface area (Å²) in [6.07, 6.45) is 2.34. The second-order valence-corrected chi connectivity index (χ2v) is 5.57. The van der Waals surface area contributed by atoms with Gasteiger partial charge >= 0.3 is 0 Å². The van der Waals surface area contributed by atoms with Crippen LogP contribution < -0.4 is 5.32 Å². The summed E-state index contributed by atoms with van der Waals surface area (Å²) in [6.45, 7) is 3.54. The van der Waals surface area contributed by atoms with Gasteiger partial charge in [-0.3, -0.25) is 4.79 Å². The first-order chi connectivity index (χ1) is 8.22. The molecule has 0 aliphatic heterocycles. The Morgan fingerprint density at radius 2 is 2.41 bits per heavy atom. The molecule has 1 saturated carbocycles. The molecule has 0 spiro atoms. The second-order valence-electron chi connectivity index (χ2n) is 4.79. The Labute approximate surface area is 107 Å². The van der Waals surface area contributed by atoms with Crippen LogP contribution in [0.25, 0.3) is 0 Å². The van der Waals surface area contributed by atoms with Crippen molar-refractivity contribution in [2.24, 2.45) is 5.92 Å². The normalized spacial score (nSPS) is 16.8. The van der Waals surface area contributed by atoms with Crippen molar-refractivity contribution in [1.82, 2.24) is 10.2 Å². The summed E-state index contributed by atoms with van der Waals surface area (Å²) in [5.74, 6) is 0.354. The molecule has 4 heteroatoms. The van der Waals surface area contributed by atoms with Gasteiger partial charge in [0, 0.05) is 25.0 Å².